The number of hydrogen-bond donors (Lipinski definition) is 1. The number of nitriles is 1. The summed E-state index contributed by atoms with van der Waals surface area (Å²) in [6.07, 6.45) is 6.15. The molecular weight excluding hydrogens is 328 g/mol. The van der Waals surface area contributed by atoms with Gasteiger partial charge in [0.05, 0.1) is 21.5 Å². The topological polar surface area (TPSA) is 78.7 Å². The first-order chi connectivity index (χ1) is 11.1. The van der Waals surface area contributed by atoms with Crippen LogP contribution in [0.3, 0.4) is 0 Å². The summed E-state index contributed by atoms with van der Waals surface area (Å²) in [6, 6.07) is 4.28. The minimum Gasteiger partial charge on any atom is -0.337 e. The molecule has 1 amide bonds. The van der Waals surface area contributed by atoms with Gasteiger partial charge in [0.1, 0.15) is 16.9 Å². The van der Waals surface area contributed by atoms with E-state index in [2.05, 4.69) is 21.4 Å². The van der Waals surface area contributed by atoms with Crippen molar-refractivity contribution in [2.24, 2.45) is 0 Å². The van der Waals surface area contributed by atoms with E-state index in [1.165, 1.54) is 18.1 Å². The lowest BCUT2D eigenvalue weighted by Crippen LogP contribution is -2.50. The van der Waals surface area contributed by atoms with Crippen molar-refractivity contribution < 1.29 is 4.79 Å². The molecule has 1 fully saturated rings. The second-order valence-electron chi connectivity index (χ2n) is 5.82. The number of thiophene rings is 1. The Balaban J connectivity index is 1.70. The van der Waals surface area contributed by atoms with Crippen molar-refractivity contribution in [2.75, 3.05) is 0 Å². The van der Waals surface area contributed by atoms with E-state index in [4.69, 9.17) is 0 Å². The average molecular weight is 346 g/mol. The van der Waals surface area contributed by atoms with E-state index < -0.39 is 5.54 Å². The lowest BCUT2D eigenvalue weighted by Gasteiger charge is -2.32. The second kappa shape index (κ2) is 6.85. The molecular formula is C16H18N4OS2. The Hall–Kier alpha value is -1.65. The SMILES string of the molecule is C[C@@H](Sc1ncnc2ccsc12)C(=O)NC1(C#N)CCCCC1. The Morgan fingerprint density at radius 3 is 2.96 bits per heavy atom. The number of fused-ring (bicyclic) bond motifs is 1. The van der Waals surface area contributed by atoms with E-state index in [1.54, 1.807) is 11.3 Å². The maximum absolute atomic E-state index is 12.5. The predicted molar refractivity (Wildman–Crippen MR) is 92.3 cm³/mol. The number of nitrogens with one attached hydrogen (secondary N) is 1. The molecule has 2 heterocycles. The smallest absolute Gasteiger partial charge is 0.234 e. The van der Waals surface area contributed by atoms with E-state index in [1.807, 2.05) is 18.4 Å². The number of amides is 1. The number of thioether (sulfide) groups is 1. The molecule has 1 atom stereocenters. The Kier molecular flexibility index (Phi) is 4.83. The highest BCUT2D eigenvalue weighted by Crippen LogP contribution is 2.32. The zero-order valence-electron chi connectivity index (χ0n) is 12.9. The minimum atomic E-state index is -0.686. The molecule has 0 unspecified atom stereocenters. The molecule has 2 aromatic rings. The molecule has 0 radical (unpaired) electrons. The molecule has 0 saturated heterocycles. The van der Waals surface area contributed by atoms with Gasteiger partial charge in [-0.25, -0.2) is 9.97 Å². The van der Waals surface area contributed by atoms with E-state index in [-0.39, 0.29) is 11.2 Å². The van der Waals surface area contributed by atoms with Crippen molar-refractivity contribution in [1.29, 1.82) is 5.26 Å². The summed E-state index contributed by atoms with van der Waals surface area (Å²) in [6.45, 7) is 1.86. The van der Waals surface area contributed by atoms with Gasteiger partial charge in [-0.2, -0.15) is 5.26 Å². The number of hydrogen-bond acceptors (Lipinski definition) is 6. The first-order valence-electron chi connectivity index (χ1n) is 7.72. The van der Waals surface area contributed by atoms with Crippen LogP contribution in [0.5, 0.6) is 0 Å². The average Bonchev–Trinajstić information content (AvgIpc) is 3.05. The van der Waals surface area contributed by atoms with Gasteiger partial charge in [0.15, 0.2) is 0 Å². The number of carbonyl (C=O) groups is 1. The molecule has 23 heavy (non-hydrogen) atoms. The molecule has 3 rings (SSSR count). The van der Waals surface area contributed by atoms with E-state index >= 15 is 0 Å². The molecule has 1 saturated carbocycles. The maximum Gasteiger partial charge on any atom is 0.234 e. The highest BCUT2D eigenvalue weighted by Gasteiger charge is 2.35. The lowest BCUT2D eigenvalue weighted by molar-refractivity contribution is -0.121. The number of carbonyl (C=O) groups excluding carboxylic acids is 1. The van der Waals surface area contributed by atoms with Crippen LogP contribution in [0.15, 0.2) is 22.8 Å². The van der Waals surface area contributed by atoms with Crippen LogP contribution < -0.4 is 5.32 Å². The summed E-state index contributed by atoms with van der Waals surface area (Å²) in [7, 11) is 0. The summed E-state index contributed by atoms with van der Waals surface area (Å²) in [5.74, 6) is -0.0956. The fourth-order valence-corrected chi connectivity index (χ4v) is 4.67. The summed E-state index contributed by atoms with van der Waals surface area (Å²) in [5.41, 5.74) is 0.217. The molecule has 5 nitrogen and oxygen atoms in total. The maximum atomic E-state index is 12.5. The normalized spacial score (nSPS) is 18.3. The highest BCUT2D eigenvalue weighted by atomic mass is 32.2. The molecule has 1 aliphatic carbocycles. The first kappa shape index (κ1) is 16.2. The van der Waals surface area contributed by atoms with Crippen molar-refractivity contribution in [3.8, 4) is 6.07 Å². The predicted octanol–water partition coefficient (Wildman–Crippen LogP) is 3.51. The molecule has 7 heteroatoms. The van der Waals surface area contributed by atoms with Crippen molar-refractivity contribution >= 4 is 39.2 Å². The highest BCUT2D eigenvalue weighted by molar-refractivity contribution is 8.00. The van der Waals surface area contributed by atoms with Crippen LogP contribution in [0.1, 0.15) is 39.0 Å². The Bertz CT molecular complexity index is 746. The molecule has 1 aliphatic rings. The van der Waals surface area contributed by atoms with Gasteiger partial charge >= 0.3 is 0 Å². The van der Waals surface area contributed by atoms with Crippen LogP contribution in [0.2, 0.25) is 0 Å². The zero-order chi connectivity index (χ0) is 16.3. The summed E-state index contributed by atoms with van der Waals surface area (Å²) in [4.78, 5) is 21.0. The van der Waals surface area contributed by atoms with E-state index in [9.17, 15) is 10.1 Å². The molecule has 120 valence electrons. The van der Waals surface area contributed by atoms with Gasteiger partial charge in [0, 0.05) is 0 Å². The van der Waals surface area contributed by atoms with Gasteiger partial charge in [-0.05, 0) is 31.2 Å². The van der Waals surface area contributed by atoms with E-state index in [0.29, 0.717) is 0 Å². The molecule has 0 aliphatic heterocycles. The fourth-order valence-electron chi connectivity index (χ4n) is 2.83. The summed E-state index contributed by atoms with van der Waals surface area (Å²) < 4.78 is 1.00. The van der Waals surface area contributed by atoms with Gasteiger partial charge in [0.25, 0.3) is 0 Å². The molecule has 2 aromatic heterocycles. The zero-order valence-corrected chi connectivity index (χ0v) is 14.5. The van der Waals surface area contributed by atoms with Crippen LogP contribution in [0.25, 0.3) is 10.2 Å². The van der Waals surface area contributed by atoms with Crippen LogP contribution >= 0.6 is 23.1 Å². The number of rotatable bonds is 4. The quantitative estimate of drug-likeness (QED) is 0.677. The van der Waals surface area contributed by atoms with Crippen molar-refractivity contribution in [2.45, 2.75) is 54.8 Å². The lowest BCUT2D eigenvalue weighted by atomic mass is 9.83. The molecule has 0 aromatic carbocycles. The monoisotopic (exact) mass is 346 g/mol. The van der Waals surface area contributed by atoms with Gasteiger partial charge in [-0.1, -0.05) is 31.0 Å². The van der Waals surface area contributed by atoms with Crippen LogP contribution in [-0.4, -0.2) is 26.7 Å². The van der Waals surface area contributed by atoms with Gasteiger partial charge in [-0.3, -0.25) is 4.79 Å². The third-order valence-electron chi connectivity index (χ3n) is 4.15. The second-order valence-corrected chi connectivity index (χ2v) is 8.06. The minimum absolute atomic E-state index is 0.0956. The molecule has 0 spiro atoms. The van der Waals surface area contributed by atoms with Crippen LogP contribution in [0.4, 0.5) is 0 Å². The Labute approximate surface area is 143 Å². The van der Waals surface area contributed by atoms with Crippen molar-refractivity contribution in [3.05, 3.63) is 17.8 Å². The van der Waals surface area contributed by atoms with Gasteiger partial charge in [0.2, 0.25) is 5.91 Å². The van der Waals surface area contributed by atoms with Crippen molar-refractivity contribution in [3.63, 3.8) is 0 Å². The number of aromatic nitrogens is 2. The third-order valence-corrected chi connectivity index (χ3v) is 6.29. The fraction of sp³-hybridized carbons (Fsp3) is 0.500. The number of nitrogens with zero attached hydrogens (tertiary/aromatic N) is 3. The first-order valence-corrected chi connectivity index (χ1v) is 9.48. The van der Waals surface area contributed by atoms with E-state index in [0.717, 1.165) is 47.3 Å². The Morgan fingerprint density at radius 1 is 1.43 bits per heavy atom. The van der Waals surface area contributed by atoms with Gasteiger partial charge < -0.3 is 5.32 Å². The standard InChI is InChI=1S/C16H18N4OS2/c1-11(14(21)20-16(9-17)6-3-2-4-7-16)23-15-13-12(5-8-22-13)18-10-19-15/h5,8,10-11H,2-4,6-7H2,1H3,(H,20,21)/t11-/m1/s1. The van der Waals surface area contributed by atoms with Crippen LogP contribution in [0, 0.1) is 11.3 Å². The Morgan fingerprint density at radius 2 is 2.22 bits per heavy atom. The van der Waals surface area contributed by atoms with Crippen LogP contribution in [-0.2, 0) is 4.79 Å². The molecule has 0 bridgehead atoms. The summed E-state index contributed by atoms with van der Waals surface area (Å²) in [5, 5.41) is 15.0. The van der Waals surface area contributed by atoms with Crippen molar-refractivity contribution in [1.82, 2.24) is 15.3 Å². The van der Waals surface area contributed by atoms with Gasteiger partial charge in [-0.15, -0.1) is 11.3 Å². The summed E-state index contributed by atoms with van der Waals surface area (Å²) >= 11 is 3.00. The third kappa shape index (κ3) is 3.48. The largest absolute Gasteiger partial charge is 0.337 e. The molecule has 1 N–H and O–H groups in total.